The van der Waals surface area contributed by atoms with E-state index >= 15 is 0 Å². The zero-order chi connectivity index (χ0) is 17.5. The van der Waals surface area contributed by atoms with E-state index in [1.165, 1.54) is 11.1 Å². The van der Waals surface area contributed by atoms with Gasteiger partial charge >= 0.3 is 0 Å². The van der Waals surface area contributed by atoms with E-state index in [0.717, 1.165) is 18.3 Å². The summed E-state index contributed by atoms with van der Waals surface area (Å²) in [4.78, 5) is 10.7. The Bertz CT molecular complexity index is 664. The molecule has 1 heterocycles. The van der Waals surface area contributed by atoms with Crippen LogP contribution in [0.1, 0.15) is 23.0 Å². The lowest BCUT2D eigenvalue weighted by Gasteiger charge is -2.26. The number of aliphatic imine (C=N–C) groups is 1. The van der Waals surface area contributed by atoms with Gasteiger partial charge in [-0.1, -0.05) is 29.8 Å². The van der Waals surface area contributed by atoms with Gasteiger partial charge in [0, 0.05) is 20.6 Å². The van der Waals surface area contributed by atoms with Gasteiger partial charge in [0.25, 0.3) is 0 Å². The Labute approximate surface area is 166 Å². The van der Waals surface area contributed by atoms with Crippen LogP contribution >= 0.6 is 24.0 Å². The zero-order valence-corrected chi connectivity index (χ0v) is 17.9. The Kier molecular flexibility index (Phi) is 8.84. The van der Waals surface area contributed by atoms with E-state index in [2.05, 4.69) is 75.9 Å². The van der Waals surface area contributed by atoms with Gasteiger partial charge in [0.05, 0.1) is 12.6 Å². The summed E-state index contributed by atoms with van der Waals surface area (Å²) in [5.74, 6) is 1.61. The lowest BCUT2D eigenvalue weighted by Crippen LogP contribution is -2.41. The summed E-state index contributed by atoms with van der Waals surface area (Å²) in [6.07, 6.45) is 1.55. The molecule has 2 aromatic rings. The fourth-order valence-corrected chi connectivity index (χ4v) is 2.44. The topological polar surface area (TPSA) is 70.4 Å². The molecule has 0 aliphatic carbocycles. The molecule has 0 amide bonds. The van der Waals surface area contributed by atoms with Crippen LogP contribution < -0.4 is 10.6 Å². The Hall–Kier alpha value is -1.68. The first-order valence-corrected chi connectivity index (χ1v) is 8.01. The largest absolute Gasteiger partial charge is 0.354 e. The van der Waals surface area contributed by atoms with Crippen molar-refractivity contribution in [3.63, 3.8) is 0 Å². The summed E-state index contributed by atoms with van der Waals surface area (Å²) >= 11 is 0. The number of likely N-dealkylation sites (N-methyl/N-ethyl adjacent to an activating group) is 1. The average molecular weight is 457 g/mol. The third-order valence-corrected chi connectivity index (χ3v) is 3.99. The molecule has 0 radical (unpaired) electrons. The van der Waals surface area contributed by atoms with Gasteiger partial charge in [-0.25, -0.2) is 4.98 Å². The number of hydrogen-bond donors (Lipinski definition) is 2. The molecule has 0 saturated heterocycles. The molecular weight excluding hydrogens is 429 g/mol. The van der Waals surface area contributed by atoms with Gasteiger partial charge in [0.2, 0.25) is 0 Å². The van der Waals surface area contributed by atoms with Crippen molar-refractivity contribution < 1.29 is 0 Å². The highest BCUT2D eigenvalue weighted by molar-refractivity contribution is 14.0. The van der Waals surface area contributed by atoms with Crippen LogP contribution in [-0.4, -0.2) is 53.3 Å². The highest BCUT2D eigenvalue weighted by Gasteiger charge is 2.14. The van der Waals surface area contributed by atoms with E-state index in [1.54, 1.807) is 18.1 Å². The van der Waals surface area contributed by atoms with E-state index in [4.69, 9.17) is 0 Å². The molecule has 0 spiro atoms. The van der Waals surface area contributed by atoms with Gasteiger partial charge in [0.15, 0.2) is 5.96 Å². The number of nitrogens with one attached hydrogen (secondary N) is 2. The van der Waals surface area contributed by atoms with E-state index in [1.807, 2.05) is 7.05 Å². The third-order valence-electron chi connectivity index (χ3n) is 3.99. The summed E-state index contributed by atoms with van der Waals surface area (Å²) in [7, 11) is 7.81. The lowest BCUT2D eigenvalue weighted by atomic mass is 10.0. The van der Waals surface area contributed by atoms with Crippen LogP contribution in [0.4, 0.5) is 0 Å². The Morgan fingerprint density at radius 1 is 1.24 bits per heavy atom. The van der Waals surface area contributed by atoms with Crippen LogP contribution in [0.2, 0.25) is 0 Å². The number of hydrogen-bond acceptors (Lipinski definition) is 4. The predicted molar refractivity (Wildman–Crippen MR) is 112 cm³/mol. The third kappa shape index (κ3) is 6.28. The highest BCUT2D eigenvalue weighted by atomic mass is 127. The Morgan fingerprint density at radius 3 is 2.44 bits per heavy atom. The first-order valence-electron chi connectivity index (χ1n) is 8.01. The maximum absolute atomic E-state index is 4.27. The smallest absolute Gasteiger partial charge is 0.191 e. The molecule has 1 unspecified atom stereocenters. The zero-order valence-electron chi connectivity index (χ0n) is 15.5. The standard InChI is InChI=1S/C17H27N7.HI/c1-13-6-8-14(9-7-13)15(23(3)4)10-19-17(18-2)20-11-16-21-12-22-24(16)5;/h6-9,12,15H,10-11H2,1-5H3,(H2,18,19,20);1H. The van der Waals surface area contributed by atoms with Gasteiger partial charge in [-0.05, 0) is 26.6 Å². The van der Waals surface area contributed by atoms with Gasteiger partial charge in [-0.2, -0.15) is 5.10 Å². The van der Waals surface area contributed by atoms with E-state index < -0.39 is 0 Å². The number of guanidine groups is 1. The van der Waals surface area contributed by atoms with Crippen molar-refractivity contribution in [2.24, 2.45) is 12.0 Å². The van der Waals surface area contributed by atoms with Crippen molar-refractivity contribution in [3.8, 4) is 0 Å². The number of halogens is 1. The van der Waals surface area contributed by atoms with E-state index in [9.17, 15) is 0 Å². The second kappa shape index (κ2) is 10.3. The summed E-state index contributed by atoms with van der Waals surface area (Å²) < 4.78 is 1.75. The minimum absolute atomic E-state index is 0. The minimum Gasteiger partial charge on any atom is -0.354 e. The number of aromatic nitrogens is 3. The fraction of sp³-hybridized carbons (Fsp3) is 0.471. The van der Waals surface area contributed by atoms with Crippen molar-refractivity contribution in [2.75, 3.05) is 27.7 Å². The SMILES string of the molecule is CN=C(NCc1ncnn1C)NCC(c1ccc(C)cc1)N(C)C.I. The first-order chi connectivity index (χ1) is 11.5. The average Bonchev–Trinajstić information content (AvgIpc) is 2.97. The normalized spacial score (nSPS) is 12.6. The molecule has 1 aromatic heterocycles. The quantitative estimate of drug-likeness (QED) is 0.393. The van der Waals surface area contributed by atoms with E-state index in [0.29, 0.717) is 6.54 Å². The monoisotopic (exact) mass is 457 g/mol. The molecule has 2 rings (SSSR count). The number of benzene rings is 1. The summed E-state index contributed by atoms with van der Waals surface area (Å²) in [6, 6.07) is 8.91. The molecule has 8 heteroatoms. The van der Waals surface area contributed by atoms with Crippen molar-refractivity contribution >= 4 is 29.9 Å². The summed E-state index contributed by atoms with van der Waals surface area (Å²) in [5.41, 5.74) is 2.55. The second-order valence-electron chi connectivity index (χ2n) is 6.00. The Morgan fingerprint density at radius 2 is 1.92 bits per heavy atom. The second-order valence-corrected chi connectivity index (χ2v) is 6.00. The predicted octanol–water partition coefficient (Wildman–Crippen LogP) is 1.71. The molecule has 1 aromatic carbocycles. The molecule has 1 atom stereocenters. The van der Waals surface area contributed by atoms with Crippen molar-refractivity contribution in [2.45, 2.75) is 19.5 Å². The molecule has 138 valence electrons. The van der Waals surface area contributed by atoms with Crippen LogP contribution in [0.3, 0.4) is 0 Å². The van der Waals surface area contributed by atoms with Crippen LogP contribution in [0.15, 0.2) is 35.6 Å². The van der Waals surface area contributed by atoms with Gasteiger partial charge in [-0.15, -0.1) is 24.0 Å². The van der Waals surface area contributed by atoms with Crippen LogP contribution in [0, 0.1) is 6.92 Å². The van der Waals surface area contributed by atoms with Gasteiger partial charge in [-0.3, -0.25) is 9.67 Å². The molecule has 0 saturated carbocycles. The van der Waals surface area contributed by atoms with Crippen molar-refractivity contribution in [1.82, 2.24) is 30.3 Å². The molecule has 0 aliphatic rings. The maximum atomic E-state index is 4.27. The maximum Gasteiger partial charge on any atom is 0.191 e. The van der Waals surface area contributed by atoms with Gasteiger partial charge < -0.3 is 15.5 Å². The molecule has 7 nitrogen and oxygen atoms in total. The van der Waals surface area contributed by atoms with Crippen molar-refractivity contribution in [3.05, 3.63) is 47.5 Å². The molecule has 0 bridgehead atoms. The molecule has 0 aliphatic heterocycles. The van der Waals surface area contributed by atoms with Crippen molar-refractivity contribution in [1.29, 1.82) is 0 Å². The van der Waals surface area contributed by atoms with Crippen LogP contribution in [-0.2, 0) is 13.6 Å². The van der Waals surface area contributed by atoms with Crippen LogP contribution in [0.5, 0.6) is 0 Å². The van der Waals surface area contributed by atoms with Gasteiger partial charge in [0.1, 0.15) is 12.2 Å². The molecule has 25 heavy (non-hydrogen) atoms. The van der Waals surface area contributed by atoms with Crippen LogP contribution in [0.25, 0.3) is 0 Å². The highest BCUT2D eigenvalue weighted by Crippen LogP contribution is 2.17. The molecular formula is C17H28IN7. The first kappa shape index (κ1) is 21.4. The molecule has 0 fully saturated rings. The fourth-order valence-electron chi connectivity index (χ4n) is 2.44. The minimum atomic E-state index is 0. The van der Waals surface area contributed by atoms with E-state index in [-0.39, 0.29) is 30.0 Å². The number of aryl methyl sites for hydroxylation is 2. The summed E-state index contributed by atoms with van der Waals surface area (Å²) in [5, 5.41) is 10.7. The number of nitrogens with zero attached hydrogens (tertiary/aromatic N) is 5. The number of rotatable bonds is 6. The summed E-state index contributed by atoms with van der Waals surface area (Å²) in [6.45, 7) is 3.44. The Balaban J connectivity index is 0.00000312. The lowest BCUT2D eigenvalue weighted by molar-refractivity contribution is 0.298. The molecule has 2 N–H and O–H groups in total.